The summed E-state index contributed by atoms with van der Waals surface area (Å²) < 4.78 is 13.7. The minimum absolute atomic E-state index is 0.0751. The highest BCUT2D eigenvalue weighted by Gasteiger charge is 2.16. The molecule has 0 heterocycles. The molecule has 0 radical (unpaired) electrons. The van der Waals surface area contributed by atoms with Crippen molar-refractivity contribution in [2.45, 2.75) is 38.8 Å². The first-order chi connectivity index (χ1) is 12.0. The molecule has 0 saturated carbocycles. The largest absolute Gasteiger partial charge is 0.396 e. The first-order valence-electron chi connectivity index (χ1n) is 8.50. The van der Waals surface area contributed by atoms with Gasteiger partial charge in [0.05, 0.1) is 12.1 Å². The van der Waals surface area contributed by atoms with Gasteiger partial charge < -0.3 is 15.7 Å². The Morgan fingerprint density at radius 2 is 1.84 bits per heavy atom. The van der Waals surface area contributed by atoms with Crippen LogP contribution in [0, 0.1) is 12.7 Å². The summed E-state index contributed by atoms with van der Waals surface area (Å²) in [5, 5.41) is 14.9. The van der Waals surface area contributed by atoms with Crippen molar-refractivity contribution in [3.05, 3.63) is 71.0 Å². The maximum Gasteiger partial charge on any atom is 0.315 e. The SMILES string of the molecule is Cc1ccc(C(C)NC(=O)NC(CCCO)c2ccccc2)cc1F. The normalized spacial score (nSPS) is 13.1. The third-order valence-electron chi connectivity index (χ3n) is 4.20. The van der Waals surface area contributed by atoms with Gasteiger partial charge in [0, 0.05) is 6.61 Å². The summed E-state index contributed by atoms with van der Waals surface area (Å²) in [4.78, 5) is 12.3. The molecule has 2 aromatic carbocycles. The van der Waals surface area contributed by atoms with Crippen LogP contribution in [-0.4, -0.2) is 17.7 Å². The first-order valence-corrected chi connectivity index (χ1v) is 8.50. The highest BCUT2D eigenvalue weighted by molar-refractivity contribution is 5.75. The molecule has 0 saturated heterocycles. The molecule has 2 unspecified atom stereocenters. The number of amides is 2. The number of aryl methyl sites for hydroxylation is 1. The van der Waals surface area contributed by atoms with Gasteiger partial charge in [0.2, 0.25) is 0 Å². The Morgan fingerprint density at radius 3 is 2.48 bits per heavy atom. The second kappa shape index (κ2) is 9.18. The average molecular weight is 344 g/mol. The minimum Gasteiger partial charge on any atom is -0.396 e. The Labute approximate surface area is 148 Å². The second-order valence-corrected chi connectivity index (χ2v) is 6.18. The lowest BCUT2D eigenvalue weighted by Crippen LogP contribution is -2.39. The molecule has 2 atom stereocenters. The summed E-state index contributed by atoms with van der Waals surface area (Å²) >= 11 is 0. The number of rotatable bonds is 7. The average Bonchev–Trinajstić information content (AvgIpc) is 2.61. The molecule has 2 rings (SSSR count). The summed E-state index contributed by atoms with van der Waals surface area (Å²) in [6.07, 6.45) is 1.24. The fourth-order valence-corrected chi connectivity index (χ4v) is 2.66. The molecule has 25 heavy (non-hydrogen) atoms. The Morgan fingerprint density at radius 1 is 1.12 bits per heavy atom. The van der Waals surface area contributed by atoms with Gasteiger partial charge in [-0.1, -0.05) is 42.5 Å². The molecule has 3 N–H and O–H groups in total. The standard InChI is InChI=1S/C20H25FN2O2/c1-14-10-11-17(13-18(14)21)15(2)22-20(25)23-19(9-6-12-24)16-7-4-3-5-8-16/h3-5,7-8,10-11,13,15,19,24H,6,9,12H2,1-2H3,(H2,22,23,25). The lowest BCUT2D eigenvalue weighted by molar-refractivity contribution is 0.230. The van der Waals surface area contributed by atoms with E-state index in [9.17, 15) is 9.18 Å². The monoisotopic (exact) mass is 344 g/mol. The zero-order valence-electron chi connectivity index (χ0n) is 14.6. The van der Waals surface area contributed by atoms with Crippen LogP contribution in [0.2, 0.25) is 0 Å². The number of carbonyl (C=O) groups is 1. The van der Waals surface area contributed by atoms with Gasteiger partial charge in [-0.05, 0) is 49.4 Å². The van der Waals surface area contributed by atoms with E-state index >= 15 is 0 Å². The van der Waals surface area contributed by atoms with E-state index in [-0.39, 0.29) is 30.5 Å². The summed E-state index contributed by atoms with van der Waals surface area (Å²) in [5.41, 5.74) is 2.28. The van der Waals surface area contributed by atoms with Gasteiger partial charge in [0.25, 0.3) is 0 Å². The van der Waals surface area contributed by atoms with Crippen LogP contribution in [0.3, 0.4) is 0 Å². The molecule has 2 aromatic rings. The van der Waals surface area contributed by atoms with E-state index in [0.29, 0.717) is 24.0 Å². The molecular weight excluding hydrogens is 319 g/mol. The van der Waals surface area contributed by atoms with E-state index in [0.717, 1.165) is 5.56 Å². The first kappa shape index (κ1) is 18.9. The predicted molar refractivity (Wildman–Crippen MR) is 96.7 cm³/mol. The predicted octanol–water partition coefficient (Wildman–Crippen LogP) is 4.01. The molecule has 0 aliphatic carbocycles. The number of hydrogen-bond donors (Lipinski definition) is 3. The van der Waals surface area contributed by atoms with Crippen molar-refractivity contribution in [1.29, 1.82) is 0 Å². The van der Waals surface area contributed by atoms with Gasteiger partial charge in [0.15, 0.2) is 0 Å². The summed E-state index contributed by atoms with van der Waals surface area (Å²) in [5.74, 6) is -0.281. The Bertz CT molecular complexity index is 691. The molecule has 2 amide bonds. The highest BCUT2D eigenvalue weighted by atomic mass is 19.1. The van der Waals surface area contributed by atoms with Crippen LogP contribution in [0.4, 0.5) is 9.18 Å². The van der Waals surface area contributed by atoms with Crippen LogP contribution >= 0.6 is 0 Å². The topological polar surface area (TPSA) is 61.4 Å². The fraction of sp³-hybridized carbons (Fsp3) is 0.350. The van der Waals surface area contributed by atoms with E-state index < -0.39 is 0 Å². The molecule has 0 aliphatic heterocycles. The third kappa shape index (κ3) is 5.57. The number of carbonyl (C=O) groups excluding carboxylic acids is 1. The molecule has 0 spiro atoms. The molecule has 0 aromatic heterocycles. The fourth-order valence-electron chi connectivity index (χ4n) is 2.66. The van der Waals surface area contributed by atoms with E-state index in [1.165, 1.54) is 6.07 Å². The quantitative estimate of drug-likeness (QED) is 0.711. The van der Waals surface area contributed by atoms with Crippen molar-refractivity contribution in [1.82, 2.24) is 10.6 Å². The van der Waals surface area contributed by atoms with Crippen LogP contribution in [0.1, 0.15) is 48.5 Å². The van der Waals surface area contributed by atoms with Crippen LogP contribution in [0.15, 0.2) is 48.5 Å². The van der Waals surface area contributed by atoms with Gasteiger partial charge in [-0.3, -0.25) is 0 Å². The Hall–Kier alpha value is -2.40. The maximum atomic E-state index is 13.7. The van der Waals surface area contributed by atoms with Crippen LogP contribution in [-0.2, 0) is 0 Å². The zero-order chi connectivity index (χ0) is 18.2. The third-order valence-corrected chi connectivity index (χ3v) is 4.20. The van der Waals surface area contributed by atoms with Crippen molar-refractivity contribution in [2.24, 2.45) is 0 Å². The van der Waals surface area contributed by atoms with E-state index in [4.69, 9.17) is 5.11 Å². The van der Waals surface area contributed by atoms with Gasteiger partial charge in [-0.2, -0.15) is 0 Å². The number of hydrogen-bond acceptors (Lipinski definition) is 2. The molecule has 134 valence electrons. The van der Waals surface area contributed by atoms with Crippen LogP contribution in [0.25, 0.3) is 0 Å². The number of nitrogens with one attached hydrogen (secondary N) is 2. The summed E-state index contributed by atoms with van der Waals surface area (Å²) in [6, 6.07) is 13.8. The van der Waals surface area contributed by atoms with E-state index in [1.54, 1.807) is 13.0 Å². The van der Waals surface area contributed by atoms with Gasteiger partial charge in [-0.15, -0.1) is 0 Å². The van der Waals surface area contributed by atoms with Crippen molar-refractivity contribution in [3.8, 4) is 0 Å². The number of halogens is 1. The van der Waals surface area contributed by atoms with E-state index in [2.05, 4.69) is 10.6 Å². The highest BCUT2D eigenvalue weighted by Crippen LogP contribution is 2.19. The number of urea groups is 1. The Balaban J connectivity index is 2.01. The van der Waals surface area contributed by atoms with Crippen molar-refractivity contribution >= 4 is 6.03 Å². The van der Waals surface area contributed by atoms with Gasteiger partial charge >= 0.3 is 6.03 Å². The molecule has 0 fully saturated rings. The van der Waals surface area contributed by atoms with Crippen LogP contribution < -0.4 is 10.6 Å². The van der Waals surface area contributed by atoms with Crippen molar-refractivity contribution < 1.29 is 14.3 Å². The molecule has 4 nitrogen and oxygen atoms in total. The van der Waals surface area contributed by atoms with Crippen molar-refractivity contribution in [3.63, 3.8) is 0 Å². The number of aliphatic hydroxyl groups excluding tert-OH is 1. The lowest BCUT2D eigenvalue weighted by atomic mass is 10.0. The minimum atomic E-state index is -0.319. The molecular formula is C20H25FN2O2. The van der Waals surface area contributed by atoms with Crippen LogP contribution in [0.5, 0.6) is 0 Å². The smallest absolute Gasteiger partial charge is 0.315 e. The second-order valence-electron chi connectivity index (χ2n) is 6.18. The summed E-state index contributed by atoms with van der Waals surface area (Å²) in [6.45, 7) is 3.59. The van der Waals surface area contributed by atoms with Gasteiger partial charge in [-0.25, -0.2) is 9.18 Å². The molecule has 0 aliphatic rings. The van der Waals surface area contributed by atoms with Gasteiger partial charge in [0.1, 0.15) is 5.82 Å². The van der Waals surface area contributed by atoms with Crippen molar-refractivity contribution in [2.75, 3.05) is 6.61 Å². The van der Waals surface area contributed by atoms with E-state index in [1.807, 2.05) is 43.3 Å². The molecule has 0 bridgehead atoms. The maximum absolute atomic E-state index is 13.7. The lowest BCUT2D eigenvalue weighted by Gasteiger charge is -2.21. The zero-order valence-corrected chi connectivity index (χ0v) is 14.6. The molecule has 5 heteroatoms. The number of benzene rings is 2. The summed E-state index contributed by atoms with van der Waals surface area (Å²) in [7, 11) is 0. The Kier molecular flexibility index (Phi) is 6.95. The number of aliphatic hydroxyl groups is 1.